The number of aromatic nitrogens is 1. The molecule has 2 aromatic carbocycles. The van der Waals surface area contributed by atoms with Crippen LogP contribution in [-0.4, -0.2) is 28.5 Å². The largest absolute Gasteiger partial charge is 0.507 e. The summed E-state index contributed by atoms with van der Waals surface area (Å²) in [5, 5.41) is 10.1. The molecule has 3 heterocycles. The number of esters is 1. The number of ether oxygens (including phenoxy) is 2. The molecule has 30 heavy (non-hydrogen) atoms. The fourth-order valence-corrected chi connectivity index (χ4v) is 5.27. The zero-order valence-electron chi connectivity index (χ0n) is 16.2. The van der Waals surface area contributed by atoms with Gasteiger partial charge in [-0.3, -0.25) is 14.2 Å². The average Bonchev–Trinajstić information content (AvgIpc) is 3.02. The van der Waals surface area contributed by atoms with Crippen LogP contribution in [0.2, 0.25) is 0 Å². The minimum atomic E-state index is -1.20. The molecule has 2 bridgehead atoms. The van der Waals surface area contributed by atoms with E-state index in [0.717, 1.165) is 5.56 Å². The van der Waals surface area contributed by atoms with E-state index in [2.05, 4.69) is 4.99 Å². The highest BCUT2D eigenvalue weighted by molar-refractivity contribution is 7.07. The van der Waals surface area contributed by atoms with Gasteiger partial charge in [0.05, 0.1) is 17.7 Å². The van der Waals surface area contributed by atoms with Crippen LogP contribution in [0.1, 0.15) is 24.1 Å². The van der Waals surface area contributed by atoms with Gasteiger partial charge < -0.3 is 14.6 Å². The van der Waals surface area contributed by atoms with Gasteiger partial charge >= 0.3 is 5.97 Å². The monoisotopic (exact) mass is 422 g/mol. The molecule has 0 radical (unpaired) electrons. The van der Waals surface area contributed by atoms with Crippen LogP contribution in [0.4, 0.5) is 0 Å². The molecule has 3 aromatic rings. The predicted molar refractivity (Wildman–Crippen MR) is 110 cm³/mol. The van der Waals surface area contributed by atoms with E-state index in [1.165, 1.54) is 18.4 Å². The molecule has 0 spiro atoms. The van der Waals surface area contributed by atoms with E-state index in [4.69, 9.17) is 9.47 Å². The average molecular weight is 422 g/mol. The molecule has 2 aliphatic heterocycles. The van der Waals surface area contributed by atoms with Gasteiger partial charge in [-0.25, -0.2) is 4.99 Å². The second kappa shape index (κ2) is 6.56. The van der Waals surface area contributed by atoms with Crippen LogP contribution in [0.5, 0.6) is 11.5 Å². The summed E-state index contributed by atoms with van der Waals surface area (Å²) in [5.74, 6) is -0.633. The van der Waals surface area contributed by atoms with Crippen LogP contribution in [0.3, 0.4) is 0 Å². The van der Waals surface area contributed by atoms with Crippen LogP contribution in [0.15, 0.2) is 58.3 Å². The molecule has 0 unspecified atom stereocenters. The van der Waals surface area contributed by atoms with Gasteiger partial charge in [0.25, 0.3) is 5.56 Å². The summed E-state index contributed by atoms with van der Waals surface area (Å²) in [6.07, 6.45) is 1.63. The van der Waals surface area contributed by atoms with Gasteiger partial charge in [-0.15, -0.1) is 0 Å². The summed E-state index contributed by atoms with van der Waals surface area (Å²) in [4.78, 5) is 31.3. The Balaban J connectivity index is 1.81. The topological polar surface area (TPSA) is 90.1 Å². The normalized spacial score (nSPS) is 24.3. The number of thiazole rings is 1. The van der Waals surface area contributed by atoms with Gasteiger partial charge in [0, 0.05) is 11.1 Å². The quantitative estimate of drug-likeness (QED) is 0.633. The molecule has 1 N–H and O–H groups in total. The Hall–Kier alpha value is -3.39. The molecule has 8 heteroatoms. The van der Waals surface area contributed by atoms with Crippen molar-refractivity contribution in [1.29, 1.82) is 0 Å². The van der Waals surface area contributed by atoms with Crippen LogP contribution in [0.25, 0.3) is 6.08 Å². The summed E-state index contributed by atoms with van der Waals surface area (Å²) in [6, 6.07) is 13.5. The molecule has 0 fully saturated rings. The SMILES string of the molecule is COC(=O)[C@H]1[C@H]2c3ccccc3O[C@]1(C)N=c1s/c(=C\c3ccccc3O)c(=O)n12. The van der Waals surface area contributed by atoms with Gasteiger partial charge in [-0.2, -0.15) is 0 Å². The molecule has 1 aromatic heterocycles. The number of nitrogens with zero attached hydrogens (tertiary/aromatic N) is 2. The highest BCUT2D eigenvalue weighted by atomic mass is 32.1. The first-order valence-electron chi connectivity index (χ1n) is 9.39. The second-order valence-electron chi connectivity index (χ2n) is 7.38. The molecule has 3 atom stereocenters. The first-order chi connectivity index (χ1) is 14.4. The molecule has 152 valence electrons. The van der Waals surface area contributed by atoms with E-state index in [0.29, 0.717) is 20.6 Å². The zero-order chi connectivity index (χ0) is 21.0. The molecule has 0 saturated carbocycles. The van der Waals surface area contributed by atoms with Gasteiger partial charge in [0.1, 0.15) is 17.4 Å². The maximum atomic E-state index is 13.4. The first kappa shape index (κ1) is 18.6. The fourth-order valence-electron chi connectivity index (χ4n) is 4.18. The molecule has 2 aliphatic rings. The zero-order valence-corrected chi connectivity index (χ0v) is 17.1. The third-order valence-corrected chi connectivity index (χ3v) is 6.54. The van der Waals surface area contributed by atoms with E-state index >= 15 is 0 Å². The standard InChI is InChI=1S/C22H18N2O5S/c1-22-17(20(27)28-2)18(13-8-4-6-10-15(13)29-22)24-19(26)16(30-21(24)23-22)11-12-7-3-5-9-14(12)25/h3-11,17-18,25H,1-2H3/b16-11-/t17-,18-,22+/m1/s1. The second-order valence-corrected chi connectivity index (χ2v) is 8.39. The fraction of sp³-hybridized carbons (Fsp3) is 0.227. The van der Waals surface area contributed by atoms with Crippen LogP contribution in [0, 0.1) is 5.92 Å². The van der Waals surface area contributed by atoms with Crippen molar-refractivity contribution in [2.24, 2.45) is 10.9 Å². The third-order valence-electron chi connectivity index (χ3n) is 5.56. The highest BCUT2D eigenvalue weighted by Crippen LogP contribution is 2.47. The van der Waals surface area contributed by atoms with Gasteiger partial charge in [-0.1, -0.05) is 47.7 Å². The van der Waals surface area contributed by atoms with E-state index in [1.807, 2.05) is 18.2 Å². The summed E-state index contributed by atoms with van der Waals surface area (Å²) < 4.78 is 13.1. The Kier molecular flexibility index (Phi) is 4.08. The molecule has 0 aliphatic carbocycles. The number of phenolic OH excluding ortho intramolecular Hbond substituents is 1. The summed E-state index contributed by atoms with van der Waals surface area (Å²) >= 11 is 1.20. The lowest BCUT2D eigenvalue weighted by atomic mass is 9.81. The van der Waals surface area contributed by atoms with Crippen molar-refractivity contribution in [1.82, 2.24) is 4.57 Å². The summed E-state index contributed by atoms with van der Waals surface area (Å²) in [6.45, 7) is 1.73. The van der Waals surface area contributed by atoms with Crippen molar-refractivity contribution >= 4 is 23.4 Å². The number of rotatable bonds is 2. The van der Waals surface area contributed by atoms with E-state index in [-0.39, 0.29) is 11.3 Å². The number of carbonyl (C=O) groups is 1. The highest BCUT2D eigenvalue weighted by Gasteiger charge is 2.55. The molecule has 0 saturated heterocycles. The summed E-state index contributed by atoms with van der Waals surface area (Å²) in [7, 11) is 1.32. The Morgan fingerprint density at radius 1 is 1.27 bits per heavy atom. The number of hydrogen-bond donors (Lipinski definition) is 1. The predicted octanol–water partition coefficient (Wildman–Crippen LogP) is 1.56. The van der Waals surface area contributed by atoms with Gasteiger partial charge in [-0.05, 0) is 25.1 Å². The molecular formula is C22H18N2O5S. The van der Waals surface area contributed by atoms with E-state index in [1.54, 1.807) is 47.9 Å². The minimum Gasteiger partial charge on any atom is -0.507 e. The lowest BCUT2D eigenvalue weighted by Crippen LogP contribution is -2.58. The Morgan fingerprint density at radius 2 is 2.00 bits per heavy atom. The van der Waals surface area contributed by atoms with Crippen molar-refractivity contribution in [3.8, 4) is 11.5 Å². The third kappa shape index (κ3) is 2.60. The minimum absolute atomic E-state index is 0.0806. The van der Waals surface area contributed by atoms with Crippen molar-refractivity contribution in [3.05, 3.63) is 79.3 Å². The Labute approximate surface area is 175 Å². The number of methoxy groups -OCH3 is 1. The van der Waals surface area contributed by atoms with Crippen LogP contribution >= 0.6 is 11.3 Å². The molecule has 7 nitrogen and oxygen atoms in total. The van der Waals surface area contributed by atoms with Crippen molar-refractivity contribution in [2.75, 3.05) is 7.11 Å². The van der Waals surface area contributed by atoms with Crippen LogP contribution < -0.4 is 19.6 Å². The lowest BCUT2D eigenvalue weighted by Gasteiger charge is -2.44. The van der Waals surface area contributed by atoms with Crippen molar-refractivity contribution < 1.29 is 19.4 Å². The Bertz CT molecular complexity index is 1360. The van der Waals surface area contributed by atoms with Crippen molar-refractivity contribution in [3.63, 3.8) is 0 Å². The number of fused-ring (bicyclic) bond motifs is 6. The summed E-state index contributed by atoms with van der Waals surface area (Å²) in [5.41, 5.74) is -0.213. The molecule has 5 rings (SSSR count). The van der Waals surface area contributed by atoms with Crippen molar-refractivity contribution in [2.45, 2.75) is 18.7 Å². The number of benzene rings is 2. The first-order valence-corrected chi connectivity index (χ1v) is 10.2. The van der Waals surface area contributed by atoms with Gasteiger partial charge in [0.15, 0.2) is 4.80 Å². The smallest absolute Gasteiger partial charge is 0.317 e. The van der Waals surface area contributed by atoms with E-state index < -0.39 is 23.7 Å². The molecular weight excluding hydrogens is 404 g/mol. The number of para-hydroxylation sites is 2. The van der Waals surface area contributed by atoms with Crippen LogP contribution in [-0.2, 0) is 9.53 Å². The maximum absolute atomic E-state index is 13.4. The number of carbonyl (C=O) groups excluding carboxylic acids is 1. The molecule has 0 amide bonds. The number of hydrogen-bond acceptors (Lipinski definition) is 7. The van der Waals surface area contributed by atoms with Gasteiger partial charge in [0.2, 0.25) is 5.72 Å². The number of phenols is 1. The maximum Gasteiger partial charge on any atom is 0.317 e. The Morgan fingerprint density at radius 3 is 2.77 bits per heavy atom. The number of aromatic hydroxyl groups is 1. The lowest BCUT2D eigenvalue weighted by molar-refractivity contribution is -0.158. The van der Waals surface area contributed by atoms with E-state index in [9.17, 15) is 14.7 Å².